The van der Waals surface area contributed by atoms with Crippen molar-refractivity contribution in [3.8, 4) is 6.07 Å². The van der Waals surface area contributed by atoms with E-state index < -0.39 is 10.0 Å². The molecule has 3 rings (SSSR count). The number of amides is 1. The van der Waals surface area contributed by atoms with E-state index in [1.807, 2.05) is 6.07 Å². The second kappa shape index (κ2) is 8.09. The van der Waals surface area contributed by atoms with Gasteiger partial charge in [-0.25, -0.2) is 8.42 Å². The average Bonchev–Trinajstić information content (AvgIpc) is 2.70. The molecule has 1 amide bonds. The first-order valence-electron chi connectivity index (χ1n) is 8.47. The first kappa shape index (κ1) is 19.4. The van der Waals surface area contributed by atoms with Crippen LogP contribution in [0.15, 0.2) is 53.4 Å². The maximum atomic E-state index is 12.7. The van der Waals surface area contributed by atoms with E-state index in [2.05, 4.69) is 5.32 Å². The number of halogens is 1. The van der Waals surface area contributed by atoms with Gasteiger partial charge in [0.25, 0.3) is 0 Å². The van der Waals surface area contributed by atoms with E-state index in [-0.39, 0.29) is 29.8 Å². The smallest absolute Gasteiger partial charge is 0.243 e. The van der Waals surface area contributed by atoms with E-state index in [0.29, 0.717) is 29.1 Å². The van der Waals surface area contributed by atoms with Crippen molar-refractivity contribution in [2.75, 3.05) is 18.4 Å². The molecule has 2 aromatic carbocycles. The van der Waals surface area contributed by atoms with Crippen LogP contribution in [0.4, 0.5) is 5.69 Å². The molecule has 0 atom stereocenters. The van der Waals surface area contributed by atoms with Crippen LogP contribution >= 0.6 is 11.6 Å². The summed E-state index contributed by atoms with van der Waals surface area (Å²) in [4.78, 5) is 12.6. The van der Waals surface area contributed by atoms with Gasteiger partial charge in [0.05, 0.1) is 16.5 Å². The van der Waals surface area contributed by atoms with E-state index >= 15 is 0 Å². The molecule has 1 fully saturated rings. The van der Waals surface area contributed by atoms with Crippen molar-refractivity contribution in [3.05, 3.63) is 59.1 Å². The monoisotopic (exact) mass is 403 g/mol. The molecule has 1 aliphatic rings. The third-order valence-electron chi connectivity index (χ3n) is 4.56. The molecule has 0 spiro atoms. The number of piperidine rings is 1. The zero-order chi connectivity index (χ0) is 19.4. The molecule has 6 nitrogen and oxygen atoms in total. The fourth-order valence-corrected chi connectivity index (χ4v) is 4.58. The number of carbonyl (C=O) groups excluding carboxylic acids is 1. The van der Waals surface area contributed by atoms with Crippen LogP contribution in [-0.4, -0.2) is 31.7 Å². The molecule has 140 valence electrons. The van der Waals surface area contributed by atoms with Crippen molar-refractivity contribution >= 4 is 33.2 Å². The number of nitrogens with one attached hydrogen (secondary N) is 1. The Labute approximate surface area is 163 Å². The highest BCUT2D eigenvalue weighted by Gasteiger charge is 2.32. The summed E-state index contributed by atoms with van der Waals surface area (Å²) >= 11 is 5.83. The van der Waals surface area contributed by atoms with Crippen LogP contribution in [-0.2, 0) is 14.8 Å². The van der Waals surface area contributed by atoms with E-state index in [1.165, 1.54) is 28.6 Å². The fourth-order valence-electron chi connectivity index (χ4n) is 2.99. The SMILES string of the molecule is N#Cc1ccc(S(=O)(=O)N2CCC(C(=O)Nc3ccc(Cl)cc3)CC2)cc1. The summed E-state index contributed by atoms with van der Waals surface area (Å²) in [7, 11) is -3.62. The summed E-state index contributed by atoms with van der Waals surface area (Å²) in [5.41, 5.74) is 1.07. The molecule has 0 bridgehead atoms. The van der Waals surface area contributed by atoms with Gasteiger partial charge in [-0.05, 0) is 61.4 Å². The first-order chi connectivity index (χ1) is 12.9. The predicted octanol–water partition coefficient (Wildman–Crippen LogP) is 3.25. The second-order valence-electron chi connectivity index (χ2n) is 6.31. The Hall–Kier alpha value is -2.40. The molecule has 1 saturated heterocycles. The van der Waals surface area contributed by atoms with Crippen LogP contribution < -0.4 is 5.32 Å². The number of hydrogen-bond acceptors (Lipinski definition) is 4. The summed E-state index contributed by atoms with van der Waals surface area (Å²) in [6, 6.07) is 14.7. The highest BCUT2D eigenvalue weighted by molar-refractivity contribution is 7.89. The molecule has 1 N–H and O–H groups in total. The van der Waals surface area contributed by atoms with Crippen molar-refractivity contribution in [2.45, 2.75) is 17.7 Å². The topological polar surface area (TPSA) is 90.3 Å². The highest BCUT2D eigenvalue weighted by atomic mass is 35.5. The zero-order valence-corrected chi connectivity index (χ0v) is 16.0. The Kier molecular flexibility index (Phi) is 5.80. The largest absolute Gasteiger partial charge is 0.326 e. The van der Waals surface area contributed by atoms with Crippen LogP contribution in [0.2, 0.25) is 5.02 Å². The van der Waals surface area contributed by atoms with E-state index in [0.717, 1.165) is 0 Å². The highest BCUT2D eigenvalue weighted by Crippen LogP contribution is 2.25. The molecule has 8 heteroatoms. The molecule has 1 heterocycles. The van der Waals surface area contributed by atoms with Gasteiger partial charge in [-0.2, -0.15) is 9.57 Å². The standard InChI is InChI=1S/C19H18ClN3O3S/c20-16-3-5-17(6-4-16)22-19(24)15-9-11-23(12-10-15)27(25,26)18-7-1-14(13-21)2-8-18/h1-8,15H,9-12H2,(H,22,24). The number of nitrogens with zero attached hydrogens (tertiary/aromatic N) is 2. The fraction of sp³-hybridized carbons (Fsp3) is 0.263. The molecule has 27 heavy (non-hydrogen) atoms. The van der Waals surface area contributed by atoms with Crippen LogP contribution in [0, 0.1) is 17.2 Å². The summed E-state index contributed by atoms with van der Waals surface area (Å²) in [6.45, 7) is 0.558. The van der Waals surface area contributed by atoms with E-state index in [1.54, 1.807) is 24.3 Å². The number of benzene rings is 2. The minimum atomic E-state index is -3.62. The third kappa shape index (κ3) is 4.48. The van der Waals surface area contributed by atoms with Crippen LogP contribution in [0.5, 0.6) is 0 Å². The van der Waals surface area contributed by atoms with Crippen LogP contribution in [0.3, 0.4) is 0 Å². The molecule has 2 aromatic rings. The zero-order valence-electron chi connectivity index (χ0n) is 14.4. The van der Waals surface area contributed by atoms with Gasteiger partial charge in [-0.3, -0.25) is 4.79 Å². The number of rotatable bonds is 4. The lowest BCUT2D eigenvalue weighted by atomic mass is 9.97. The van der Waals surface area contributed by atoms with Gasteiger partial charge < -0.3 is 5.32 Å². The van der Waals surface area contributed by atoms with Crippen LogP contribution in [0.25, 0.3) is 0 Å². The Balaban J connectivity index is 1.61. The van der Waals surface area contributed by atoms with Crippen molar-refractivity contribution in [1.82, 2.24) is 4.31 Å². The second-order valence-corrected chi connectivity index (χ2v) is 8.69. The quantitative estimate of drug-likeness (QED) is 0.848. The Morgan fingerprint density at radius 1 is 1.07 bits per heavy atom. The van der Waals surface area contributed by atoms with E-state index in [9.17, 15) is 13.2 Å². The average molecular weight is 404 g/mol. The third-order valence-corrected chi connectivity index (χ3v) is 6.72. The number of sulfonamides is 1. The van der Waals surface area contributed by atoms with Gasteiger partial charge in [0, 0.05) is 29.7 Å². The van der Waals surface area contributed by atoms with E-state index in [4.69, 9.17) is 16.9 Å². The Morgan fingerprint density at radius 3 is 2.22 bits per heavy atom. The normalized spacial score (nSPS) is 15.9. The van der Waals surface area contributed by atoms with Gasteiger partial charge >= 0.3 is 0 Å². The van der Waals surface area contributed by atoms with Gasteiger partial charge in [0.1, 0.15) is 0 Å². The molecule has 1 aliphatic heterocycles. The maximum absolute atomic E-state index is 12.7. The predicted molar refractivity (Wildman–Crippen MR) is 103 cm³/mol. The lowest BCUT2D eigenvalue weighted by Gasteiger charge is -2.30. The summed E-state index contributed by atoms with van der Waals surface area (Å²) in [6.07, 6.45) is 0.907. The van der Waals surface area contributed by atoms with Crippen LogP contribution in [0.1, 0.15) is 18.4 Å². The molecule has 0 radical (unpaired) electrons. The van der Waals surface area contributed by atoms with Gasteiger partial charge in [-0.15, -0.1) is 0 Å². The van der Waals surface area contributed by atoms with Crippen molar-refractivity contribution < 1.29 is 13.2 Å². The van der Waals surface area contributed by atoms with Crippen molar-refractivity contribution in [2.24, 2.45) is 5.92 Å². The summed E-state index contributed by atoms with van der Waals surface area (Å²) in [5, 5.41) is 12.3. The summed E-state index contributed by atoms with van der Waals surface area (Å²) in [5.74, 6) is -0.360. The lowest BCUT2D eigenvalue weighted by Crippen LogP contribution is -2.41. The number of nitriles is 1. The molecular formula is C19H18ClN3O3S. The Bertz CT molecular complexity index is 959. The maximum Gasteiger partial charge on any atom is 0.243 e. The molecule has 0 aromatic heterocycles. The minimum Gasteiger partial charge on any atom is -0.326 e. The number of carbonyl (C=O) groups is 1. The number of anilines is 1. The van der Waals surface area contributed by atoms with Crippen molar-refractivity contribution in [3.63, 3.8) is 0 Å². The minimum absolute atomic E-state index is 0.118. The lowest BCUT2D eigenvalue weighted by molar-refractivity contribution is -0.120. The Morgan fingerprint density at radius 2 is 1.67 bits per heavy atom. The molecule has 0 saturated carbocycles. The van der Waals surface area contributed by atoms with Gasteiger partial charge in [0.2, 0.25) is 15.9 Å². The molecule has 0 unspecified atom stereocenters. The van der Waals surface area contributed by atoms with Gasteiger partial charge in [0.15, 0.2) is 0 Å². The van der Waals surface area contributed by atoms with Gasteiger partial charge in [-0.1, -0.05) is 11.6 Å². The van der Waals surface area contributed by atoms with Crippen molar-refractivity contribution in [1.29, 1.82) is 5.26 Å². The number of hydrogen-bond donors (Lipinski definition) is 1. The molecular weight excluding hydrogens is 386 g/mol. The summed E-state index contributed by atoms with van der Waals surface area (Å²) < 4.78 is 26.8. The first-order valence-corrected chi connectivity index (χ1v) is 10.3. The molecule has 0 aliphatic carbocycles.